The standard InChI is InChI=1S/C37H66N2O3/c1-2-3-4-5-6-7-8-9-10-11-12-13-14-15-16-17-18-19-20-21-22-23-24-25-26-27-28-33-38-37(42)39-36(41)34-29-31-35(40)32-30-34/h29-32,40H,2-28,33H2,1H3,(H2,38,39,41,42). The van der Waals surface area contributed by atoms with E-state index in [2.05, 4.69) is 17.6 Å². The number of benzene rings is 1. The summed E-state index contributed by atoms with van der Waals surface area (Å²) in [5, 5.41) is 14.3. The van der Waals surface area contributed by atoms with E-state index in [0.29, 0.717) is 12.1 Å². The quantitative estimate of drug-likeness (QED) is 0.0817. The molecule has 0 radical (unpaired) electrons. The fourth-order valence-corrected chi connectivity index (χ4v) is 5.65. The average Bonchev–Trinajstić information content (AvgIpc) is 2.98. The molecule has 1 aromatic rings. The van der Waals surface area contributed by atoms with E-state index < -0.39 is 11.9 Å². The second kappa shape index (κ2) is 29.1. The molecule has 0 aliphatic heterocycles. The number of carbonyl (C=O) groups is 2. The molecule has 1 rings (SSSR count). The van der Waals surface area contributed by atoms with Crippen molar-refractivity contribution in [1.82, 2.24) is 10.6 Å². The van der Waals surface area contributed by atoms with Crippen LogP contribution in [0.2, 0.25) is 0 Å². The number of carbonyl (C=O) groups excluding carboxylic acids is 2. The number of phenols is 1. The normalized spacial score (nSPS) is 11.1. The molecule has 3 amide bonds. The van der Waals surface area contributed by atoms with Crippen LogP contribution < -0.4 is 10.6 Å². The number of hydrogen-bond donors (Lipinski definition) is 3. The van der Waals surface area contributed by atoms with Gasteiger partial charge in [0.1, 0.15) is 5.75 Å². The van der Waals surface area contributed by atoms with Gasteiger partial charge >= 0.3 is 6.03 Å². The first kappa shape index (κ1) is 38.0. The fourth-order valence-electron chi connectivity index (χ4n) is 5.65. The van der Waals surface area contributed by atoms with Crippen molar-refractivity contribution in [2.45, 2.75) is 180 Å². The van der Waals surface area contributed by atoms with Gasteiger partial charge in [0.05, 0.1) is 0 Å². The number of rotatable bonds is 29. The SMILES string of the molecule is CCCCCCCCCCCCCCCCCCCCCCCCCCCCCNC(=O)NC(=O)c1ccc(O)cc1. The molecule has 0 saturated carbocycles. The third-order valence-corrected chi connectivity index (χ3v) is 8.42. The number of amides is 3. The number of nitrogens with one attached hydrogen (secondary N) is 2. The third kappa shape index (κ3) is 24.5. The van der Waals surface area contributed by atoms with E-state index in [1.807, 2.05) is 0 Å². The number of phenolic OH excluding ortho intramolecular Hbond substituents is 1. The Bertz CT molecular complexity index is 750. The van der Waals surface area contributed by atoms with Gasteiger partial charge in [0, 0.05) is 12.1 Å². The van der Waals surface area contributed by atoms with Crippen LogP contribution in [0, 0.1) is 0 Å². The summed E-state index contributed by atoms with van der Waals surface area (Å²) in [6, 6.07) is 5.36. The first-order valence-electron chi connectivity index (χ1n) is 18.0. The molecule has 0 atom stereocenters. The highest BCUT2D eigenvalue weighted by Crippen LogP contribution is 2.16. The van der Waals surface area contributed by atoms with Crippen LogP contribution >= 0.6 is 0 Å². The van der Waals surface area contributed by atoms with Gasteiger partial charge in [-0.1, -0.05) is 174 Å². The van der Waals surface area contributed by atoms with E-state index in [9.17, 15) is 14.7 Å². The van der Waals surface area contributed by atoms with Crippen LogP contribution in [0.4, 0.5) is 4.79 Å². The topological polar surface area (TPSA) is 78.4 Å². The summed E-state index contributed by atoms with van der Waals surface area (Å²) in [5.74, 6) is -0.375. The van der Waals surface area contributed by atoms with Crippen molar-refractivity contribution < 1.29 is 14.7 Å². The molecule has 3 N–H and O–H groups in total. The lowest BCUT2D eigenvalue weighted by atomic mass is 10.0. The summed E-state index contributed by atoms with van der Waals surface area (Å²) < 4.78 is 0. The predicted molar refractivity (Wildman–Crippen MR) is 179 cm³/mol. The van der Waals surface area contributed by atoms with Gasteiger partial charge in [-0.25, -0.2) is 4.79 Å². The van der Waals surface area contributed by atoms with Crippen LogP contribution in [0.5, 0.6) is 5.75 Å². The third-order valence-electron chi connectivity index (χ3n) is 8.42. The van der Waals surface area contributed by atoms with Crippen molar-refractivity contribution in [2.75, 3.05) is 6.54 Å². The highest BCUT2D eigenvalue weighted by atomic mass is 16.3. The molecule has 5 nitrogen and oxygen atoms in total. The molecule has 1 aromatic carbocycles. The van der Waals surface area contributed by atoms with Crippen LogP contribution in [0.15, 0.2) is 24.3 Å². The van der Waals surface area contributed by atoms with Gasteiger partial charge in [0.15, 0.2) is 0 Å². The lowest BCUT2D eigenvalue weighted by molar-refractivity contribution is 0.0964. The second-order valence-electron chi connectivity index (χ2n) is 12.4. The Morgan fingerprint density at radius 2 is 0.810 bits per heavy atom. The Labute approximate surface area is 259 Å². The maximum atomic E-state index is 12.0. The molecule has 0 fully saturated rings. The van der Waals surface area contributed by atoms with E-state index in [1.165, 1.54) is 185 Å². The zero-order valence-electron chi connectivity index (χ0n) is 27.4. The molecule has 0 heterocycles. The monoisotopic (exact) mass is 587 g/mol. The Morgan fingerprint density at radius 1 is 0.500 bits per heavy atom. The largest absolute Gasteiger partial charge is 0.508 e. The second-order valence-corrected chi connectivity index (χ2v) is 12.4. The van der Waals surface area contributed by atoms with Crippen LogP contribution in [0.3, 0.4) is 0 Å². The average molecular weight is 587 g/mol. The zero-order valence-corrected chi connectivity index (χ0v) is 27.4. The molecule has 242 valence electrons. The highest BCUT2D eigenvalue weighted by molar-refractivity contribution is 6.04. The van der Waals surface area contributed by atoms with Gasteiger partial charge < -0.3 is 10.4 Å². The van der Waals surface area contributed by atoms with Crippen molar-refractivity contribution >= 4 is 11.9 Å². The van der Waals surface area contributed by atoms with E-state index in [0.717, 1.165) is 12.8 Å². The van der Waals surface area contributed by atoms with Crippen molar-refractivity contribution in [1.29, 1.82) is 0 Å². The molecule has 0 aromatic heterocycles. The minimum absolute atomic E-state index is 0.0897. The first-order chi connectivity index (χ1) is 20.6. The molecule has 0 saturated heterocycles. The lowest BCUT2D eigenvalue weighted by Crippen LogP contribution is -2.39. The Balaban J connectivity index is 1.71. The van der Waals surface area contributed by atoms with Gasteiger partial charge in [-0.05, 0) is 30.7 Å². The van der Waals surface area contributed by atoms with Crippen LogP contribution in [-0.4, -0.2) is 23.6 Å². The molecule has 0 bridgehead atoms. The summed E-state index contributed by atoms with van der Waals surface area (Å²) in [6.07, 6.45) is 37.3. The maximum absolute atomic E-state index is 12.0. The Hall–Kier alpha value is -2.04. The Kier molecular flexibility index (Phi) is 26.3. The van der Waals surface area contributed by atoms with Gasteiger partial charge in [0.25, 0.3) is 5.91 Å². The maximum Gasteiger partial charge on any atom is 0.321 e. The predicted octanol–water partition coefficient (Wildman–Crippen LogP) is 11.4. The minimum Gasteiger partial charge on any atom is -0.508 e. The van der Waals surface area contributed by atoms with Crippen LogP contribution in [0.25, 0.3) is 0 Å². The first-order valence-corrected chi connectivity index (χ1v) is 18.0. The number of hydrogen-bond acceptors (Lipinski definition) is 3. The summed E-state index contributed by atoms with van der Waals surface area (Å²) in [4.78, 5) is 23.8. The molecule has 0 spiro atoms. The van der Waals surface area contributed by atoms with Gasteiger partial charge in [-0.2, -0.15) is 0 Å². The Morgan fingerprint density at radius 3 is 1.14 bits per heavy atom. The summed E-state index contributed by atoms with van der Waals surface area (Å²) in [5.41, 5.74) is 0.346. The minimum atomic E-state index is -0.470. The zero-order chi connectivity index (χ0) is 30.4. The highest BCUT2D eigenvalue weighted by Gasteiger charge is 2.09. The molecular weight excluding hydrogens is 520 g/mol. The van der Waals surface area contributed by atoms with Crippen molar-refractivity contribution in [3.63, 3.8) is 0 Å². The summed E-state index contributed by atoms with van der Waals surface area (Å²) >= 11 is 0. The number of imide groups is 1. The van der Waals surface area contributed by atoms with E-state index in [4.69, 9.17) is 0 Å². The van der Waals surface area contributed by atoms with E-state index in [-0.39, 0.29) is 5.75 Å². The van der Waals surface area contributed by atoms with Crippen molar-refractivity contribution in [3.8, 4) is 5.75 Å². The smallest absolute Gasteiger partial charge is 0.321 e. The van der Waals surface area contributed by atoms with Crippen molar-refractivity contribution in [2.24, 2.45) is 0 Å². The van der Waals surface area contributed by atoms with E-state index in [1.54, 1.807) is 0 Å². The summed E-state index contributed by atoms with van der Waals surface area (Å²) in [6.45, 7) is 2.87. The summed E-state index contributed by atoms with van der Waals surface area (Å²) in [7, 11) is 0. The molecular formula is C37H66N2O3. The molecule has 5 heteroatoms. The van der Waals surface area contributed by atoms with Crippen molar-refractivity contribution in [3.05, 3.63) is 29.8 Å². The molecule has 42 heavy (non-hydrogen) atoms. The molecule has 0 unspecified atom stereocenters. The number of unbranched alkanes of at least 4 members (excludes halogenated alkanes) is 26. The lowest BCUT2D eigenvalue weighted by Gasteiger charge is -2.07. The number of urea groups is 1. The van der Waals surface area contributed by atoms with Gasteiger partial charge in [-0.15, -0.1) is 0 Å². The fraction of sp³-hybridized carbons (Fsp3) is 0.784. The van der Waals surface area contributed by atoms with Crippen LogP contribution in [-0.2, 0) is 0 Å². The molecule has 0 aliphatic rings. The van der Waals surface area contributed by atoms with Gasteiger partial charge in [-0.3, -0.25) is 10.1 Å². The van der Waals surface area contributed by atoms with Gasteiger partial charge in [0.2, 0.25) is 0 Å². The van der Waals surface area contributed by atoms with E-state index >= 15 is 0 Å². The van der Waals surface area contributed by atoms with Crippen LogP contribution in [0.1, 0.15) is 191 Å². The molecule has 0 aliphatic carbocycles. The number of aromatic hydroxyl groups is 1.